The van der Waals surface area contributed by atoms with E-state index in [9.17, 15) is 19.2 Å². The van der Waals surface area contributed by atoms with Crippen molar-refractivity contribution in [3.63, 3.8) is 0 Å². The van der Waals surface area contributed by atoms with Gasteiger partial charge in [-0.25, -0.2) is 0 Å². The molecule has 3 rings (SSSR count). The first-order chi connectivity index (χ1) is 7.46. The van der Waals surface area contributed by atoms with Crippen LogP contribution in [0.15, 0.2) is 0 Å². The van der Waals surface area contributed by atoms with Crippen molar-refractivity contribution in [3.8, 4) is 0 Å². The number of hydrogen-bond donors (Lipinski definition) is 0. The predicted molar refractivity (Wildman–Crippen MR) is 49.5 cm³/mol. The summed E-state index contributed by atoms with van der Waals surface area (Å²) in [7, 11) is 2.80. The number of hydrogen-bond acceptors (Lipinski definition) is 4. The summed E-state index contributed by atoms with van der Waals surface area (Å²) >= 11 is 0. The van der Waals surface area contributed by atoms with E-state index < -0.39 is 23.7 Å². The van der Waals surface area contributed by atoms with Gasteiger partial charge in [0.2, 0.25) is 23.6 Å². The number of fused-ring (bicyclic) bond motifs is 4. The van der Waals surface area contributed by atoms with Crippen LogP contribution < -0.4 is 0 Å². The molecule has 16 heavy (non-hydrogen) atoms. The zero-order valence-corrected chi connectivity index (χ0v) is 8.84. The zero-order chi connectivity index (χ0) is 11.8. The Morgan fingerprint density at radius 3 is 1.00 bits per heavy atom. The van der Waals surface area contributed by atoms with Gasteiger partial charge in [-0.1, -0.05) is 0 Å². The Kier molecular flexibility index (Phi) is 1.49. The maximum Gasteiger partial charge on any atom is 0.233 e. The fourth-order valence-corrected chi connectivity index (χ4v) is 3.09. The average molecular weight is 222 g/mol. The third kappa shape index (κ3) is 0.730. The Morgan fingerprint density at radius 2 is 0.812 bits per heavy atom. The molecule has 1 saturated carbocycles. The highest BCUT2D eigenvalue weighted by Crippen LogP contribution is 2.55. The first kappa shape index (κ1) is 9.50. The molecular formula is C10H10N2O4. The molecule has 2 aliphatic heterocycles. The molecule has 1 aliphatic carbocycles. The van der Waals surface area contributed by atoms with Crippen molar-refractivity contribution in [2.75, 3.05) is 14.1 Å². The highest BCUT2D eigenvalue weighted by Gasteiger charge is 2.72. The van der Waals surface area contributed by atoms with E-state index in [1.54, 1.807) is 0 Å². The van der Waals surface area contributed by atoms with Crippen molar-refractivity contribution < 1.29 is 19.2 Å². The van der Waals surface area contributed by atoms with Gasteiger partial charge in [-0.2, -0.15) is 0 Å². The summed E-state index contributed by atoms with van der Waals surface area (Å²) in [6, 6.07) is 0. The molecule has 84 valence electrons. The quantitative estimate of drug-likeness (QED) is 0.466. The average Bonchev–Trinajstić information content (AvgIpc) is 2.49. The highest BCUT2D eigenvalue weighted by molar-refractivity contribution is 6.17. The normalized spacial score (nSPS) is 41.4. The summed E-state index contributed by atoms with van der Waals surface area (Å²) < 4.78 is 0. The van der Waals surface area contributed by atoms with Crippen LogP contribution in [0.1, 0.15) is 0 Å². The minimum Gasteiger partial charge on any atom is -0.285 e. The highest BCUT2D eigenvalue weighted by atomic mass is 16.2. The first-order valence-corrected chi connectivity index (χ1v) is 5.09. The molecule has 0 N–H and O–H groups in total. The summed E-state index contributed by atoms with van der Waals surface area (Å²) in [5.41, 5.74) is 0. The van der Waals surface area contributed by atoms with E-state index >= 15 is 0 Å². The van der Waals surface area contributed by atoms with E-state index in [1.807, 2.05) is 0 Å². The van der Waals surface area contributed by atoms with Crippen LogP contribution in [-0.2, 0) is 19.2 Å². The van der Waals surface area contributed by atoms with E-state index in [2.05, 4.69) is 0 Å². The lowest BCUT2D eigenvalue weighted by molar-refractivity contribution is -0.146. The van der Waals surface area contributed by atoms with Crippen molar-refractivity contribution in [3.05, 3.63) is 0 Å². The Bertz CT molecular complexity index is 368. The second-order valence-electron chi connectivity index (χ2n) is 4.57. The number of rotatable bonds is 0. The summed E-state index contributed by atoms with van der Waals surface area (Å²) in [5, 5.41) is 0. The lowest BCUT2D eigenvalue weighted by atomic mass is 9.59. The molecule has 0 atom stereocenters. The van der Waals surface area contributed by atoms with Gasteiger partial charge in [0, 0.05) is 14.1 Å². The maximum atomic E-state index is 11.7. The fraction of sp³-hybridized carbons (Fsp3) is 0.600. The monoisotopic (exact) mass is 222 g/mol. The van der Waals surface area contributed by atoms with Gasteiger partial charge in [-0.05, 0) is 0 Å². The van der Waals surface area contributed by atoms with Crippen molar-refractivity contribution >= 4 is 23.6 Å². The minimum absolute atomic E-state index is 0.326. The van der Waals surface area contributed by atoms with Gasteiger partial charge in [0.05, 0.1) is 23.7 Å². The molecule has 0 spiro atoms. The van der Waals surface area contributed by atoms with Crippen LogP contribution in [0.2, 0.25) is 0 Å². The molecule has 0 bridgehead atoms. The topological polar surface area (TPSA) is 74.8 Å². The number of nitrogens with zero attached hydrogens (tertiary/aromatic N) is 2. The second kappa shape index (κ2) is 2.50. The third-order valence-electron chi connectivity index (χ3n) is 4.01. The van der Waals surface area contributed by atoms with Crippen molar-refractivity contribution in [2.24, 2.45) is 23.7 Å². The molecule has 0 aromatic carbocycles. The van der Waals surface area contributed by atoms with E-state index in [1.165, 1.54) is 14.1 Å². The third-order valence-corrected chi connectivity index (χ3v) is 4.01. The van der Waals surface area contributed by atoms with E-state index in [4.69, 9.17) is 0 Å². The molecule has 3 aliphatic rings. The molecule has 3 fully saturated rings. The predicted octanol–water partition coefficient (Wildman–Crippen LogP) is -1.54. The molecular weight excluding hydrogens is 212 g/mol. The number of imide groups is 2. The number of amides is 4. The van der Waals surface area contributed by atoms with Crippen LogP contribution in [0.3, 0.4) is 0 Å². The fourth-order valence-electron chi connectivity index (χ4n) is 3.09. The summed E-state index contributed by atoms with van der Waals surface area (Å²) in [6.07, 6.45) is 0. The van der Waals surface area contributed by atoms with Gasteiger partial charge in [0.25, 0.3) is 0 Å². The summed E-state index contributed by atoms with van der Waals surface area (Å²) in [4.78, 5) is 48.9. The van der Waals surface area contributed by atoms with Gasteiger partial charge in [0.15, 0.2) is 0 Å². The second-order valence-corrected chi connectivity index (χ2v) is 4.57. The molecule has 0 radical (unpaired) electrons. The van der Waals surface area contributed by atoms with Gasteiger partial charge >= 0.3 is 0 Å². The largest absolute Gasteiger partial charge is 0.285 e. The SMILES string of the molecule is CN1C(=O)C2C(C1=O)C1C(=O)N(C)C(=O)C21. The molecule has 0 unspecified atom stereocenters. The lowest BCUT2D eigenvalue weighted by Crippen LogP contribution is -2.50. The van der Waals surface area contributed by atoms with E-state index in [0.717, 1.165) is 9.80 Å². The van der Waals surface area contributed by atoms with Crippen molar-refractivity contribution in [1.82, 2.24) is 9.80 Å². The standard InChI is InChI=1S/C10H10N2O4/c1-11-7(13)3-4(8(11)14)6-5(3)9(15)12(2)10(6)16/h3-6H,1-2H3. The van der Waals surface area contributed by atoms with Gasteiger partial charge < -0.3 is 0 Å². The number of carbonyl (C=O) groups excluding carboxylic acids is 4. The van der Waals surface area contributed by atoms with Gasteiger partial charge in [-0.15, -0.1) is 0 Å². The molecule has 6 nitrogen and oxygen atoms in total. The molecule has 4 amide bonds. The summed E-state index contributed by atoms with van der Waals surface area (Å²) in [5.74, 6) is -3.68. The molecule has 2 heterocycles. The van der Waals surface area contributed by atoms with Crippen LogP contribution in [0.4, 0.5) is 0 Å². The molecule has 0 aromatic heterocycles. The van der Waals surface area contributed by atoms with Crippen molar-refractivity contribution in [1.29, 1.82) is 0 Å². The first-order valence-electron chi connectivity index (χ1n) is 5.09. The maximum absolute atomic E-state index is 11.7. The van der Waals surface area contributed by atoms with Crippen LogP contribution in [0.25, 0.3) is 0 Å². The van der Waals surface area contributed by atoms with Crippen molar-refractivity contribution in [2.45, 2.75) is 0 Å². The molecule has 2 saturated heterocycles. The van der Waals surface area contributed by atoms with E-state index in [-0.39, 0.29) is 23.6 Å². The Labute approximate surface area is 91.2 Å². The van der Waals surface area contributed by atoms with Crippen LogP contribution in [0, 0.1) is 23.7 Å². The molecule has 0 aromatic rings. The van der Waals surface area contributed by atoms with Crippen LogP contribution in [0.5, 0.6) is 0 Å². The summed E-state index contributed by atoms with van der Waals surface area (Å²) in [6.45, 7) is 0. The Hall–Kier alpha value is -1.72. The van der Waals surface area contributed by atoms with E-state index in [0.29, 0.717) is 0 Å². The Balaban J connectivity index is 2.04. The molecule has 6 heteroatoms. The Morgan fingerprint density at radius 1 is 0.625 bits per heavy atom. The number of carbonyl (C=O) groups is 4. The van der Waals surface area contributed by atoms with Gasteiger partial charge in [-0.3, -0.25) is 29.0 Å². The van der Waals surface area contributed by atoms with Crippen LogP contribution in [-0.4, -0.2) is 47.5 Å². The minimum atomic E-state index is -0.594. The van der Waals surface area contributed by atoms with Crippen LogP contribution >= 0.6 is 0 Å². The zero-order valence-electron chi connectivity index (χ0n) is 8.84. The number of likely N-dealkylation sites (tertiary alicyclic amines) is 2. The smallest absolute Gasteiger partial charge is 0.233 e. The van der Waals surface area contributed by atoms with Gasteiger partial charge in [0.1, 0.15) is 0 Å². The lowest BCUT2D eigenvalue weighted by Gasteiger charge is -2.36.